The Morgan fingerprint density at radius 3 is 2.50 bits per heavy atom. The van der Waals surface area contributed by atoms with E-state index >= 15 is 0 Å². The van der Waals surface area contributed by atoms with Crippen LogP contribution in [0.5, 0.6) is 5.75 Å². The monoisotopic (exact) mass is 569 g/mol. The van der Waals surface area contributed by atoms with Gasteiger partial charge in [-0.15, -0.1) is 0 Å². The second-order valence-electron chi connectivity index (χ2n) is 6.91. The average molecular weight is 569 g/mol. The molecular formula is C24H16IN3O6. The van der Waals surface area contributed by atoms with Crippen molar-refractivity contribution in [1.29, 1.82) is 5.26 Å². The quantitative estimate of drug-likeness (QED) is 0.128. The maximum absolute atomic E-state index is 12.5. The molecule has 2 N–H and O–H groups in total. The van der Waals surface area contributed by atoms with Crippen LogP contribution in [-0.4, -0.2) is 21.9 Å². The van der Waals surface area contributed by atoms with Crippen molar-refractivity contribution in [2.75, 3.05) is 5.32 Å². The molecule has 0 aliphatic heterocycles. The molecule has 0 bridgehead atoms. The highest BCUT2D eigenvalue weighted by atomic mass is 127. The Labute approximate surface area is 207 Å². The van der Waals surface area contributed by atoms with Crippen LogP contribution in [0.1, 0.15) is 21.5 Å². The van der Waals surface area contributed by atoms with Gasteiger partial charge in [0.2, 0.25) is 0 Å². The molecule has 0 aromatic heterocycles. The van der Waals surface area contributed by atoms with Crippen molar-refractivity contribution in [3.05, 3.63) is 103 Å². The Morgan fingerprint density at radius 2 is 1.88 bits per heavy atom. The number of ether oxygens (including phenoxy) is 1. The molecule has 10 heteroatoms. The first-order valence-electron chi connectivity index (χ1n) is 9.69. The molecule has 0 spiro atoms. The number of carbonyl (C=O) groups is 2. The second kappa shape index (κ2) is 11.1. The number of rotatable bonds is 8. The zero-order valence-corrected chi connectivity index (χ0v) is 19.6. The summed E-state index contributed by atoms with van der Waals surface area (Å²) >= 11 is 2.07. The van der Waals surface area contributed by atoms with Crippen LogP contribution in [0.15, 0.2) is 72.3 Å². The Bertz CT molecular complexity index is 1330. The highest BCUT2D eigenvalue weighted by Crippen LogP contribution is 2.25. The maximum atomic E-state index is 12.5. The van der Waals surface area contributed by atoms with E-state index < -0.39 is 16.8 Å². The molecule has 0 radical (unpaired) electrons. The van der Waals surface area contributed by atoms with Crippen LogP contribution in [0.2, 0.25) is 0 Å². The van der Waals surface area contributed by atoms with Gasteiger partial charge in [-0.25, -0.2) is 4.79 Å². The summed E-state index contributed by atoms with van der Waals surface area (Å²) in [4.78, 5) is 33.7. The molecule has 3 aromatic rings. The molecular weight excluding hydrogens is 553 g/mol. The molecule has 1 amide bonds. The van der Waals surface area contributed by atoms with E-state index in [9.17, 15) is 25.0 Å². The van der Waals surface area contributed by atoms with E-state index in [2.05, 4.69) is 27.9 Å². The Kier molecular flexibility index (Phi) is 7.94. The van der Waals surface area contributed by atoms with Crippen LogP contribution < -0.4 is 10.1 Å². The number of hydrogen-bond acceptors (Lipinski definition) is 6. The molecule has 0 fully saturated rings. The van der Waals surface area contributed by atoms with Crippen molar-refractivity contribution < 1.29 is 24.4 Å². The molecule has 170 valence electrons. The first-order valence-corrected chi connectivity index (χ1v) is 10.8. The summed E-state index contributed by atoms with van der Waals surface area (Å²) in [6.45, 7) is 0.236. The number of anilines is 1. The number of hydrogen-bond donors (Lipinski definition) is 2. The zero-order chi connectivity index (χ0) is 24.7. The van der Waals surface area contributed by atoms with E-state index in [1.807, 2.05) is 6.07 Å². The van der Waals surface area contributed by atoms with Crippen molar-refractivity contribution in [1.82, 2.24) is 0 Å². The first-order chi connectivity index (χ1) is 16.3. The molecule has 3 aromatic carbocycles. The van der Waals surface area contributed by atoms with E-state index in [0.29, 0.717) is 11.3 Å². The molecule has 0 saturated carbocycles. The average Bonchev–Trinajstić information content (AvgIpc) is 2.82. The summed E-state index contributed by atoms with van der Waals surface area (Å²) in [6.07, 6.45) is 1.41. The summed E-state index contributed by atoms with van der Waals surface area (Å²) < 4.78 is 6.53. The number of non-ortho nitro benzene ring substituents is 1. The molecule has 34 heavy (non-hydrogen) atoms. The third-order valence-electron chi connectivity index (χ3n) is 4.54. The normalized spacial score (nSPS) is 10.8. The third kappa shape index (κ3) is 6.39. The van der Waals surface area contributed by atoms with Crippen LogP contribution >= 0.6 is 22.6 Å². The fraction of sp³-hybridized carbons (Fsp3) is 0.0417. The largest absolute Gasteiger partial charge is 0.488 e. The predicted molar refractivity (Wildman–Crippen MR) is 132 cm³/mol. The van der Waals surface area contributed by atoms with Gasteiger partial charge in [0.1, 0.15) is 24.0 Å². The standard InChI is InChI=1S/C24H16IN3O6/c25-21-11-16(6-9-22(21)34-14-15-4-7-17(8-5-15)24(30)31)10-18(13-26)23(29)27-19-2-1-3-20(12-19)28(32)33/h1-12H,14H2,(H,27,29)(H,30,31)/b18-10+. The lowest BCUT2D eigenvalue weighted by molar-refractivity contribution is -0.384. The molecule has 0 saturated heterocycles. The smallest absolute Gasteiger partial charge is 0.335 e. The Morgan fingerprint density at radius 1 is 1.15 bits per heavy atom. The number of carbonyl (C=O) groups excluding carboxylic acids is 1. The SMILES string of the molecule is N#C/C(=C\c1ccc(OCc2ccc(C(=O)O)cc2)c(I)c1)C(=O)Nc1cccc([N+](=O)[O-])c1. The number of nitriles is 1. The van der Waals surface area contributed by atoms with Gasteiger partial charge in [0.25, 0.3) is 11.6 Å². The van der Waals surface area contributed by atoms with Gasteiger partial charge < -0.3 is 15.2 Å². The zero-order valence-electron chi connectivity index (χ0n) is 17.4. The molecule has 0 aliphatic carbocycles. The number of carboxylic acids is 1. The number of amides is 1. The van der Waals surface area contributed by atoms with Crippen LogP contribution in [0.4, 0.5) is 11.4 Å². The number of aromatic carboxylic acids is 1. The summed E-state index contributed by atoms with van der Waals surface area (Å²) in [5.41, 5.74) is 1.44. The molecule has 0 heterocycles. The van der Waals surface area contributed by atoms with E-state index in [1.54, 1.807) is 30.3 Å². The molecule has 0 unspecified atom stereocenters. The lowest BCUT2D eigenvalue weighted by atomic mass is 10.1. The minimum atomic E-state index is -0.999. The minimum absolute atomic E-state index is 0.172. The third-order valence-corrected chi connectivity index (χ3v) is 5.39. The number of benzene rings is 3. The van der Waals surface area contributed by atoms with Gasteiger partial charge in [0.15, 0.2) is 0 Å². The summed E-state index contributed by atoms with van der Waals surface area (Å²) in [7, 11) is 0. The van der Waals surface area contributed by atoms with E-state index in [1.165, 1.54) is 42.5 Å². The molecule has 3 rings (SSSR count). The van der Waals surface area contributed by atoms with Gasteiger partial charge in [0.05, 0.1) is 14.1 Å². The van der Waals surface area contributed by atoms with E-state index in [0.717, 1.165) is 9.13 Å². The Hall–Kier alpha value is -4.24. The minimum Gasteiger partial charge on any atom is -0.488 e. The predicted octanol–water partition coefficient (Wildman–Crippen LogP) is 5.02. The molecule has 9 nitrogen and oxygen atoms in total. The van der Waals surface area contributed by atoms with Crippen molar-refractivity contribution in [2.45, 2.75) is 6.61 Å². The highest BCUT2D eigenvalue weighted by molar-refractivity contribution is 14.1. The second-order valence-corrected chi connectivity index (χ2v) is 8.07. The number of carboxylic acid groups (broad SMARTS) is 1. The van der Waals surface area contributed by atoms with Gasteiger partial charge in [0, 0.05) is 17.8 Å². The van der Waals surface area contributed by atoms with Crippen molar-refractivity contribution in [3.63, 3.8) is 0 Å². The van der Waals surface area contributed by atoms with Gasteiger partial charge in [-0.1, -0.05) is 24.3 Å². The fourth-order valence-corrected chi connectivity index (χ4v) is 3.53. The van der Waals surface area contributed by atoms with Crippen LogP contribution in [-0.2, 0) is 11.4 Å². The first kappa shape index (κ1) is 24.4. The topological polar surface area (TPSA) is 143 Å². The van der Waals surface area contributed by atoms with Crippen LogP contribution in [0.3, 0.4) is 0 Å². The number of nitro benzene ring substituents is 1. The lowest BCUT2D eigenvalue weighted by Crippen LogP contribution is -2.13. The molecule has 0 aliphatic rings. The molecule has 0 atom stereocenters. The summed E-state index contributed by atoms with van der Waals surface area (Å²) in [5, 5.41) is 31.8. The van der Waals surface area contributed by atoms with E-state index in [-0.39, 0.29) is 29.1 Å². The number of nitro groups is 1. The van der Waals surface area contributed by atoms with Crippen molar-refractivity contribution in [2.24, 2.45) is 0 Å². The Balaban J connectivity index is 1.69. The number of nitrogens with one attached hydrogen (secondary N) is 1. The summed E-state index contributed by atoms with van der Waals surface area (Å²) in [6, 6.07) is 18.7. The van der Waals surface area contributed by atoms with Gasteiger partial charge in [-0.2, -0.15) is 5.26 Å². The van der Waals surface area contributed by atoms with Crippen LogP contribution in [0.25, 0.3) is 6.08 Å². The van der Waals surface area contributed by atoms with Crippen LogP contribution in [0, 0.1) is 25.0 Å². The van der Waals surface area contributed by atoms with Gasteiger partial charge in [-0.05, 0) is 70.1 Å². The van der Waals surface area contributed by atoms with E-state index in [4.69, 9.17) is 9.84 Å². The number of halogens is 1. The van der Waals surface area contributed by atoms with Crippen molar-refractivity contribution in [3.8, 4) is 11.8 Å². The highest BCUT2D eigenvalue weighted by Gasteiger charge is 2.13. The maximum Gasteiger partial charge on any atom is 0.335 e. The fourth-order valence-electron chi connectivity index (χ4n) is 2.84. The van der Waals surface area contributed by atoms with Gasteiger partial charge in [-0.3, -0.25) is 14.9 Å². The summed E-state index contributed by atoms with van der Waals surface area (Å²) in [5.74, 6) is -1.11. The number of nitrogens with zero attached hydrogens (tertiary/aromatic N) is 2. The van der Waals surface area contributed by atoms with Gasteiger partial charge >= 0.3 is 5.97 Å². The lowest BCUT2D eigenvalue weighted by Gasteiger charge is -2.10. The van der Waals surface area contributed by atoms with Crippen molar-refractivity contribution >= 4 is 51.9 Å².